The van der Waals surface area contributed by atoms with Gasteiger partial charge in [-0.05, 0) is 36.4 Å². The number of ether oxygens (including phenoxy) is 2. The number of rotatable bonds is 7. The molecule has 8 heteroatoms. The predicted molar refractivity (Wildman–Crippen MR) is 111 cm³/mol. The Balaban J connectivity index is 1.86. The van der Waals surface area contributed by atoms with E-state index < -0.39 is 15.9 Å². The Morgan fingerprint density at radius 3 is 2.17 bits per heavy atom. The molecule has 0 aliphatic rings. The molecule has 3 aromatic rings. The van der Waals surface area contributed by atoms with Gasteiger partial charge in [0.05, 0.1) is 30.4 Å². The Bertz CT molecular complexity index is 1110. The van der Waals surface area contributed by atoms with Gasteiger partial charge in [-0.3, -0.25) is 9.52 Å². The van der Waals surface area contributed by atoms with Gasteiger partial charge < -0.3 is 14.8 Å². The van der Waals surface area contributed by atoms with Crippen LogP contribution in [0.15, 0.2) is 77.7 Å². The number of amides is 1. The van der Waals surface area contributed by atoms with E-state index in [1.54, 1.807) is 54.6 Å². The summed E-state index contributed by atoms with van der Waals surface area (Å²) >= 11 is 0. The Kier molecular flexibility index (Phi) is 6.04. The molecule has 2 N–H and O–H groups in total. The van der Waals surface area contributed by atoms with E-state index in [9.17, 15) is 13.2 Å². The molecule has 0 aromatic heterocycles. The number of sulfonamides is 1. The molecule has 0 heterocycles. The Hall–Kier alpha value is -3.52. The van der Waals surface area contributed by atoms with Gasteiger partial charge in [0, 0.05) is 11.8 Å². The van der Waals surface area contributed by atoms with Crippen LogP contribution in [0.1, 0.15) is 10.4 Å². The van der Waals surface area contributed by atoms with Gasteiger partial charge in [-0.15, -0.1) is 0 Å². The fourth-order valence-corrected chi connectivity index (χ4v) is 3.79. The van der Waals surface area contributed by atoms with E-state index in [2.05, 4.69) is 10.0 Å². The molecule has 3 aromatic carbocycles. The minimum absolute atomic E-state index is 0.107. The molecule has 0 saturated carbocycles. The number of nitrogens with one attached hydrogen (secondary N) is 2. The summed E-state index contributed by atoms with van der Waals surface area (Å²) in [5.41, 5.74) is 0.837. The number of carbonyl (C=O) groups excluding carboxylic acids is 1. The van der Waals surface area contributed by atoms with Crippen molar-refractivity contribution in [3.8, 4) is 11.5 Å². The Labute approximate surface area is 169 Å². The number of para-hydroxylation sites is 1. The van der Waals surface area contributed by atoms with Crippen molar-refractivity contribution in [2.24, 2.45) is 0 Å². The van der Waals surface area contributed by atoms with Crippen LogP contribution in [0.4, 0.5) is 11.4 Å². The summed E-state index contributed by atoms with van der Waals surface area (Å²) in [6, 6.07) is 19.3. The van der Waals surface area contributed by atoms with Crippen molar-refractivity contribution >= 4 is 27.3 Å². The molecule has 0 fully saturated rings. The van der Waals surface area contributed by atoms with Crippen molar-refractivity contribution in [2.45, 2.75) is 4.90 Å². The summed E-state index contributed by atoms with van der Waals surface area (Å²) in [5, 5.41) is 2.74. The predicted octanol–water partition coefficient (Wildman–Crippen LogP) is 3.76. The Morgan fingerprint density at radius 1 is 0.828 bits per heavy atom. The number of methoxy groups -OCH3 is 2. The van der Waals surface area contributed by atoms with Gasteiger partial charge in [-0.2, -0.15) is 0 Å². The lowest BCUT2D eigenvalue weighted by Crippen LogP contribution is -2.18. The third-order valence-corrected chi connectivity index (χ3v) is 5.49. The van der Waals surface area contributed by atoms with Crippen molar-refractivity contribution in [3.63, 3.8) is 0 Å². The average molecular weight is 412 g/mol. The maximum Gasteiger partial charge on any atom is 0.261 e. The van der Waals surface area contributed by atoms with Crippen LogP contribution in [-0.4, -0.2) is 28.5 Å². The van der Waals surface area contributed by atoms with Crippen molar-refractivity contribution in [2.75, 3.05) is 24.3 Å². The summed E-state index contributed by atoms with van der Waals surface area (Å²) in [6.45, 7) is 0. The molecular weight excluding hydrogens is 392 g/mol. The molecular formula is C21H20N2O5S. The zero-order valence-corrected chi connectivity index (χ0v) is 16.7. The number of anilines is 2. The number of hydrogen-bond donors (Lipinski definition) is 2. The second kappa shape index (κ2) is 8.66. The second-order valence-corrected chi connectivity index (χ2v) is 7.67. The highest BCUT2D eigenvalue weighted by Crippen LogP contribution is 2.30. The summed E-state index contributed by atoms with van der Waals surface area (Å²) in [5.74, 6) is 0.522. The highest BCUT2D eigenvalue weighted by Gasteiger charge is 2.18. The van der Waals surface area contributed by atoms with Crippen LogP contribution in [0.25, 0.3) is 0 Å². The van der Waals surface area contributed by atoms with Crippen LogP contribution in [-0.2, 0) is 10.0 Å². The number of benzene rings is 3. The zero-order chi connectivity index (χ0) is 20.9. The lowest BCUT2D eigenvalue weighted by atomic mass is 10.1. The maximum atomic E-state index is 12.8. The first-order valence-electron chi connectivity index (χ1n) is 8.65. The molecule has 150 valence electrons. The van der Waals surface area contributed by atoms with Crippen molar-refractivity contribution in [1.82, 2.24) is 0 Å². The highest BCUT2D eigenvalue weighted by molar-refractivity contribution is 7.92. The van der Waals surface area contributed by atoms with E-state index in [-0.39, 0.29) is 16.1 Å². The monoisotopic (exact) mass is 412 g/mol. The van der Waals surface area contributed by atoms with Crippen molar-refractivity contribution < 1.29 is 22.7 Å². The standard InChI is InChI=1S/C21H20N2O5S/c1-27-19-13-12-15(14-20(19)28-2)22-21(24)17-10-6-7-11-18(17)23-29(25,26)16-8-4-3-5-9-16/h3-14,23H,1-2H3,(H,22,24). The zero-order valence-electron chi connectivity index (χ0n) is 15.9. The van der Waals surface area contributed by atoms with E-state index in [1.807, 2.05) is 0 Å². The molecule has 1 amide bonds. The molecule has 3 rings (SSSR count). The number of hydrogen-bond acceptors (Lipinski definition) is 5. The van der Waals surface area contributed by atoms with Crippen LogP contribution in [0.5, 0.6) is 11.5 Å². The van der Waals surface area contributed by atoms with Crippen LogP contribution in [0.3, 0.4) is 0 Å². The molecule has 0 radical (unpaired) electrons. The van der Waals surface area contributed by atoms with Gasteiger partial charge in [0.25, 0.3) is 15.9 Å². The summed E-state index contributed by atoms with van der Waals surface area (Å²) in [4.78, 5) is 12.9. The van der Waals surface area contributed by atoms with E-state index in [4.69, 9.17) is 9.47 Å². The molecule has 0 aliphatic carbocycles. The molecule has 0 atom stereocenters. The molecule has 0 unspecified atom stereocenters. The highest BCUT2D eigenvalue weighted by atomic mass is 32.2. The smallest absolute Gasteiger partial charge is 0.261 e. The first kappa shape index (κ1) is 20.2. The molecule has 0 bridgehead atoms. The van der Waals surface area contributed by atoms with Gasteiger partial charge in [0.15, 0.2) is 11.5 Å². The SMILES string of the molecule is COc1ccc(NC(=O)c2ccccc2NS(=O)(=O)c2ccccc2)cc1OC. The topological polar surface area (TPSA) is 93.7 Å². The minimum Gasteiger partial charge on any atom is -0.493 e. The fourth-order valence-electron chi connectivity index (χ4n) is 2.69. The van der Waals surface area contributed by atoms with E-state index in [0.29, 0.717) is 17.2 Å². The first-order valence-corrected chi connectivity index (χ1v) is 10.1. The Morgan fingerprint density at radius 2 is 1.48 bits per heavy atom. The summed E-state index contributed by atoms with van der Waals surface area (Å²) in [7, 11) is -0.812. The third kappa shape index (κ3) is 4.67. The number of carbonyl (C=O) groups is 1. The largest absolute Gasteiger partial charge is 0.493 e. The second-order valence-electron chi connectivity index (χ2n) is 5.99. The first-order chi connectivity index (χ1) is 13.9. The summed E-state index contributed by atoms with van der Waals surface area (Å²) < 4.78 is 38.1. The summed E-state index contributed by atoms with van der Waals surface area (Å²) in [6.07, 6.45) is 0. The fraction of sp³-hybridized carbons (Fsp3) is 0.0952. The van der Waals surface area contributed by atoms with Crippen molar-refractivity contribution in [1.29, 1.82) is 0 Å². The molecule has 0 spiro atoms. The van der Waals surface area contributed by atoms with Crippen LogP contribution in [0, 0.1) is 0 Å². The quantitative estimate of drug-likeness (QED) is 0.616. The van der Waals surface area contributed by atoms with Crippen LogP contribution < -0.4 is 19.5 Å². The molecule has 0 aliphatic heterocycles. The average Bonchev–Trinajstić information content (AvgIpc) is 2.74. The van der Waals surface area contributed by atoms with Gasteiger partial charge in [0.2, 0.25) is 0 Å². The van der Waals surface area contributed by atoms with E-state index >= 15 is 0 Å². The van der Waals surface area contributed by atoms with E-state index in [0.717, 1.165) is 0 Å². The van der Waals surface area contributed by atoms with Crippen LogP contribution >= 0.6 is 0 Å². The van der Waals surface area contributed by atoms with E-state index in [1.165, 1.54) is 32.4 Å². The third-order valence-electron chi connectivity index (χ3n) is 4.11. The lowest BCUT2D eigenvalue weighted by Gasteiger charge is -2.14. The van der Waals surface area contributed by atoms with Crippen LogP contribution in [0.2, 0.25) is 0 Å². The normalized spacial score (nSPS) is 10.8. The maximum absolute atomic E-state index is 12.8. The molecule has 0 saturated heterocycles. The lowest BCUT2D eigenvalue weighted by molar-refractivity contribution is 0.102. The van der Waals surface area contributed by atoms with Gasteiger partial charge in [-0.1, -0.05) is 30.3 Å². The molecule has 29 heavy (non-hydrogen) atoms. The van der Waals surface area contributed by atoms with Gasteiger partial charge >= 0.3 is 0 Å². The minimum atomic E-state index is -3.83. The van der Waals surface area contributed by atoms with Crippen molar-refractivity contribution in [3.05, 3.63) is 78.4 Å². The van der Waals surface area contributed by atoms with Gasteiger partial charge in [0.1, 0.15) is 0 Å². The molecule has 7 nitrogen and oxygen atoms in total. The van der Waals surface area contributed by atoms with Gasteiger partial charge in [-0.25, -0.2) is 8.42 Å².